The summed E-state index contributed by atoms with van der Waals surface area (Å²) in [5.74, 6) is 1.79. The molecule has 0 radical (unpaired) electrons. The quantitative estimate of drug-likeness (QED) is 0.137. The van der Waals surface area contributed by atoms with E-state index in [0.717, 1.165) is 89.8 Å². The maximum Gasteiger partial charge on any atom is 0.138 e. The summed E-state index contributed by atoms with van der Waals surface area (Å²) < 4.78 is 9.46. The fourth-order valence-electron chi connectivity index (χ4n) is 15.4. The van der Waals surface area contributed by atoms with Crippen LogP contribution in [0.25, 0.3) is 177 Å². The number of para-hydroxylation sites is 6. The van der Waals surface area contributed by atoms with Crippen molar-refractivity contribution in [1.82, 2.24) is 28.2 Å². The van der Waals surface area contributed by atoms with Crippen LogP contribution in [0.3, 0.4) is 0 Å². The number of pyridine rings is 2. The first-order valence-corrected chi connectivity index (χ1v) is 34.1. The van der Waals surface area contributed by atoms with Crippen molar-refractivity contribution in [2.24, 2.45) is 0 Å². The minimum Gasteiger partial charge on any atom is -0.309 e. The predicted octanol–water partition coefficient (Wildman–Crippen LogP) is 24.6. The molecule has 0 aliphatic heterocycles. The first-order valence-electron chi connectivity index (χ1n) is 34.1. The van der Waals surface area contributed by atoms with Gasteiger partial charge in [0.15, 0.2) is 0 Å². The summed E-state index contributed by atoms with van der Waals surface area (Å²) in [5, 5.41) is 9.84. The van der Waals surface area contributed by atoms with Crippen molar-refractivity contribution in [2.75, 3.05) is 0 Å². The van der Waals surface area contributed by atoms with Gasteiger partial charge in [0.2, 0.25) is 0 Å². The summed E-state index contributed by atoms with van der Waals surface area (Å²) in [7, 11) is 0. The molecule has 0 saturated heterocycles. The molecule has 6 heteroatoms. The molecule has 0 atom stereocenters. The second-order valence-corrected chi connectivity index (χ2v) is 25.6. The van der Waals surface area contributed by atoms with Crippen LogP contribution in [0.4, 0.5) is 0 Å². The third kappa shape index (κ3) is 9.88. The molecule has 0 aliphatic rings. The molecular formula is C94H62N6. The van der Waals surface area contributed by atoms with Crippen molar-refractivity contribution in [1.29, 1.82) is 0 Å². The molecule has 6 aromatic heterocycles. The second kappa shape index (κ2) is 24.3. The Morgan fingerprint density at radius 2 is 0.470 bits per heavy atom. The van der Waals surface area contributed by atoms with Crippen LogP contribution in [0.5, 0.6) is 0 Å². The van der Waals surface area contributed by atoms with Crippen molar-refractivity contribution in [3.05, 3.63) is 376 Å². The Labute approximate surface area is 578 Å². The van der Waals surface area contributed by atoms with Crippen molar-refractivity contribution in [3.63, 3.8) is 0 Å². The molecular weight excluding hydrogens is 1210 g/mol. The summed E-state index contributed by atoms with van der Waals surface area (Å²) in [6, 6.07) is 134. The Hall–Kier alpha value is -13.4. The Balaban J connectivity index is 0.000000139. The Morgan fingerprint density at radius 1 is 0.170 bits per heavy atom. The highest BCUT2D eigenvalue weighted by molar-refractivity contribution is 6.19. The predicted molar refractivity (Wildman–Crippen MR) is 418 cm³/mol. The lowest BCUT2D eigenvalue weighted by Crippen LogP contribution is -2.00. The van der Waals surface area contributed by atoms with E-state index in [-0.39, 0.29) is 0 Å². The lowest BCUT2D eigenvalue weighted by Gasteiger charge is -2.13. The molecule has 0 fully saturated rings. The van der Waals surface area contributed by atoms with E-state index in [1.165, 1.54) is 87.4 Å². The zero-order valence-corrected chi connectivity index (χ0v) is 54.5. The molecule has 20 aromatic rings. The monoisotopic (exact) mass is 1270 g/mol. The molecule has 0 aliphatic carbocycles. The molecule has 0 bridgehead atoms. The summed E-state index contributed by atoms with van der Waals surface area (Å²) in [6.45, 7) is 0. The number of nitrogens with zero attached hydrogens (tertiary/aromatic N) is 6. The van der Waals surface area contributed by atoms with Gasteiger partial charge in [-0.25, -0.2) is 9.97 Å². The van der Waals surface area contributed by atoms with Gasteiger partial charge in [-0.3, -0.25) is 9.13 Å². The van der Waals surface area contributed by atoms with Crippen LogP contribution in [0.1, 0.15) is 0 Å². The minimum absolute atomic E-state index is 0.896. The largest absolute Gasteiger partial charge is 0.309 e. The molecule has 0 saturated carbocycles. The van der Waals surface area contributed by atoms with Gasteiger partial charge >= 0.3 is 0 Å². The first kappa shape index (κ1) is 58.0. The van der Waals surface area contributed by atoms with Crippen LogP contribution < -0.4 is 0 Å². The van der Waals surface area contributed by atoms with E-state index in [9.17, 15) is 0 Å². The maximum atomic E-state index is 5.36. The second-order valence-electron chi connectivity index (χ2n) is 25.6. The van der Waals surface area contributed by atoms with Crippen LogP contribution >= 0.6 is 0 Å². The molecule has 0 spiro atoms. The SMILES string of the molecule is c1ccc(-c2cc(-c3ccccc3)nc(-n3c4ccccc4c4c(-c5ccc6c7ccccc7n(-c7ccccc7)c6c5)cccc43)c2)cc1.c1ccc(-c2cc(-c3ccccc3)nc(-n3c4ccccc4c4ccc(-c5cccc6c5c5ccccc5n6-c5ccccc5)cc43)c2)cc1. The van der Waals surface area contributed by atoms with Crippen LogP contribution in [-0.2, 0) is 0 Å². The molecule has 6 nitrogen and oxygen atoms in total. The lowest BCUT2D eigenvalue weighted by molar-refractivity contribution is 1.08. The van der Waals surface area contributed by atoms with E-state index in [4.69, 9.17) is 9.97 Å². The molecule has 6 heterocycles. The fourth-order valence-corrected chi connectivity index (χ4v) is 15.4. The van der Waals surface area contributed by atoms with Gasteiger partial charge < -0.3 is 9.13 Å². The van der Waals surface area contributed by atoms with Crippen molar-refractivity contribution < 1.29 is 0 Å². The van der Waals surface area contributed by atoms with Gasteiger partial charge in [-0.15, -0.1) is 0 Å². The van der Waals surface area contributed by atoms with Gasteiger partial charge in [0.05, 0.1) is 55.5 Å². The molecule has 0 N–H and O–H groups in total. The summed E-state index contributed by atoms with van der Waals surface area (Å²) in [4.78, 5) is 10.7. The van der Waals surface area contributed by atoms with E-state index >= 15 is 0 Å². The molecule has 0 amide bonds. The minimum atomic E-state index is 0.896. The molecule has 14 aromatic carbocycles. The summed E-state index contributed by atoms with van der Waals surface area (Å²) in [5.41, 5.74) is 25.1. The van der Waals surface area contributed by atoms with Crippen LogP contribution in [0.15, 0.2) is 376 Å². The zero-order valence-electron chi connectivity index (χ0n) is 54.5. The highest BCUT2D eigenvalue weighted by Gasteiger charge is 2.23. The normalized spacial score (nSPS) is 11.6. The van der Waals surface area contributed by atoms with Gasteiger partial charge in [0.1, 0.15) is 11.6 Å². The van der Waals surface area contributed by atoms with E-state index in [0.29, 0.717) is 0 Å². The van der Waals surface area contributed by atoms with Crippen molar-refractivity contribution >= 4 is 87.2 Å². The van der Waals surface area contributed by atoms with Crippen LogP contribution in [0.2, 0.25) is 0 Å². The van der Waals surface area contributed by atoms with Gasteiger partial charge in [-0.2, -0.15) is 0 Å². The van der Waals surface area contributed by atoms with E-state index in [2.05, 4.69) is 394 Å². The number of hydrogen-bond acceptors (Lipinski definition) is 2. The van der Waals surface area contributed by atoms with Crippen molar-refractivity contribution in [2.45, 2.75) is 0 Å². The van der Waals surface area contributed by atoms with Crippen LogP contribution in [0, 0.1) is 0 Å². The van der Waals surface area contributed by atoms with E-state index in [1.54, 1.807) is 0 Å². The molecule has 20 rings (SSSR count). The Morgan fingerprint density at radius 3 is 0.910 bits per heavy atom. The topological polar surface area (TPSA) is 45.5 Å². The van der Waals surface area contributed by atoms with Gasteiger partial charge in [0, 0.05) is 65.6 Å². The third-order valence-corrected chi connectivity index (χ3v) is 19.8. The van der Waals surface area contributed by atoms with Crippen molar-refractivity contribution in [3.8, 4) is 90.0 Å². The number of rotatable bonds is 10. The fraction of sp³-hybridized carbons (Fsp3) is 0. The van der Waals surface area contributed by atoms with E-state index in [1.807, 2.05) is 0 Å². The number of aromatic nitrogens is 6. The molecule has 100 heavy (non-hydrogen) atoms. The molecule has 468 valence electrons. The molecule has 0 unspecified atom stereocenters. The average molecular weight is 1280 g/mol. The summed E-state index contributed by atoms with van der Waals surface area (Å²) >= 11 is 0. The summed E-state index contributed by atoms with van der Waals surface area (Å²) in [6.07, 6.45) is 0. The van der Waals surface area contributed by atoms with Crippen LogP contribution in [-0.4, -0.2) is 28.2 Å². The van der Waals surface area contributed by atoms with Gasteiger partial charge in [-0.05, 0) is 142 Å². The Kier molecular flexibility index (Phi) is 14.1. The standard InChI is InChI=1S/2C47H31N3/c1-4-15-32(16-5-1)35-29-41(33-17-6-2-7-18-33)48-46(31-35)50-42-24-12-10-21-38(42)39-28-27-34(30-45(39)50)37-23-14-26-44-47(37)40-22-11-13-25-43(40)49(44)36-19-8-3-9-20-36;1-4-15-32(16-5-1)35-29-41(33-17-6-2-7-18-33)48-46(31-35)50-43-25-13-11-22-40(43)47-37(23-14-26-44(47)50)34-27-28-39-38-21-10-12-24-42(38)49(45(39)30-34)36-19-8-3-9-20-36/h2*1-31H. The number of hydrogen-bond donors (Lipinski definition) is 0. The third-order valence-electron chi connectivity index (χ3n) is 19.8. The number of fused-ring (bicyclic) bond motifs is 12. The lowest BCUT2D eigenvalue weighted by atomic mass is 9.98. The smallest absolute Gasteiger partial charge is 0.138 e. The maximum absolute atomic E-state index is 5.36. The first-order chi connectivity index (χ1) is 49.6. The number of benzene rings is 14. The zero-order chi connectivity index (χ0) is 66.0. The average Bonchev–Trinajstić information content (AvgIpc) is 1.58. The Bertz CT molecular complexity index is 6370. The highest BCUT2D eigenvalue weighted by atomic mass is 15.1. The van der Waals surface area contributed by atoms with E-state index < -0.39 is 0 Å². The van der Waals surface area contributed by atoms with Gasteiger partial charge in [0.25, 0.3) is 0 Å². The van der Waals surface area contributed by atoms with Gasteiger partial charge in [-0.1, -0.05) is 279 Å². The highest BCUT2D eigenvalue weighted by Crippen LogP contribution is 2.45.